The van der Waals surface area contributed by atoms with Gasteiger partial charge in [-0.3, -0.25) is 19.3 Å². The SMILES string of the molecule is O=C(Cc1cc(F)ccn1)Nc1ccc(C#CCCc2nnc(NC(=O)Cc3cc4n(n3)CCCC4)s2)nn1. The van der Waals surface area contributed by atoms with Gasteiger partial charge in [0.15, 0.2) is 5.82 Å². The number of nitrogens with one attached hydrogen (secondary N) is 2. The summed E-state index contributed by atoms with van der Waals surface area (Å²) in [5, 5.41) is 27.2. The first kappa shape index (κ1) is 26.1. The van der Waals surface area contributed by atoms with Gasteiger partial charge in [-0.05, 0) is 55.5 Å². The highest BCUT2D eigenvalue weighted by Gasteiger charge is 2.15. The smallest absolute Gasteiger partial charge is 0.232 e. The summed E-state index contributed by atoms with van der Waals surface area (Å²) < 4.78 is 15.2. The number of rotatable bonds is 8. The van der Waals surface area contributed by atoms with E-state index >= 15 is 0 Å². The molecule has 39 heavy (non-hydrogen) atoms. The Morgan fingerprint density at radius 2 is 1.87 bits per heavy atom. The van der Waals surface area contributed by atoms with Crippen molar-refractivity contribution in [2.45, 2.75) is 51.5 Å². The van der Waals surface area contributed by atoms with Crippen molar-refractivity contribution < 1.29 is 14.0 Å². The predicted octanol–water partition coefficient (Wildman–Crippen LogP) is 2.74. The summed E-state index contributed by atoms with van der Waals surface area (Å²) in [6, 6.07) is 7.66. The highest BCUT2D eigenvalue weighted by molar-refractivity contribution is 7.15. The minimum atomic E-state index is -0.451. The molecule has 0 radical (unpaired) electrons. The van der Waals surface area contributed by atoms with Crippen LogP contribution in [0.1, 0.15) is 47.0 Å². The molecule has 2 amide bonds. The molecule has 0 aliphatic carbocycles. The number of halogens is 1. The fourth-order valence-corrected chi connectivity index (χ4v) is 4.74. The molecule has 2 N–H and O–H groups in total. The lowest BCUT2D eigenvalue weighted by molar-refractivity contribution is -0.116. The van der Waals surface area contributed by atoms with Crippen LogP contribution in [-0.4, -0.2) is 47.0 Å². The topological polar surface area (TPSA) is 140 Å². The zero-order valence-corrected chi connectivity index (χ0v) is 21.7. The quantitative estimate of drug-likeness (QED) is 0.322. The van der Waals surface area contributed by atoms with Crippen LogP contribution in [-0.2, 0) is 41.8 Å². The van der Waals surface area contributed by atoms with Gasteiger partial charge >= 0.3 is 0 Å². The molecule has 0 bridgehead atoms. The zero-order valence-electron chi connectivity index (χ0n) is 20.9. The molecule has 198 valence electrons. The number of fused-ring (bicyclic) bond motifs is 1. The molecule has 0 unspecified atom stereocenters. The van der Waals surface area contributed by atoms with Gasteiger partial charge in [0, 0.05) is 31.3 Å². The lowest BCUT2D eigenvalue weighted by Gasteiger charge is -2.11. The summed E-state index contributed by atoms with van der Waals surface area (Å²) in [5.41, 5.74) is 2.72. The van der Waals surface area contributed by atoms with Gasteiger partial charge in [-0.2, -0.15) is 5.10 Å². The maximum Gasteiger partial charge on any atom is 0.232 e. The van der Waals surface area contributed by atoms with Crippen LogP contribution in [0.3, 0.4) is 0 Å². The maximum atomic E-state index is 13.2. The fourth-order valence-electron chi connectivity index (χ4n) is 3.98. The molecular weight excluding hydrogens is 521 g/mol. The third-order valence-corrected chi connectivity index (χ3v) is 6.65. The minimum Gasteiger partial charge on any atom is -0.309 e. The van der Waals surface area contributed by atoms with Gasteiger partial charge in [0.25, 0.3) is 0 Å². The molecule has 4 aromatic heterocycles. The van der Waals surface area contributed by atoms with Crippen molar-refractivity contribution in [3.63, 3.8) is 0 Å². The Kier molecular flexibility index (Phi) is 8.23. The Morgan fingerprint density at radius 3 is 2.69 bits per heavy atom. The molecule has 11 nitrogen and oxygen atoms in total. The van der Waals surface area contributed by atoms with Crippen molar-refractivity contribution in [1.82, 2.24) is 35.2 Å². The maximum absolute atomic E-state index is 13.2. The molecule has 0 fully saturated rings. The molecule has 1 aliphatic heterocycles. The molecule has 13 heteroatoms. The highest BCUT2D eigenvalue weighted by Crippen LogP contribution is 2.18. The second-order valence-electron chi connectivity index (χ2n) is 8.83. The fraction of sp³-hybridized carbons (Fsp3) is 0.308. The van der Waals surface area contributed by atoms with Crippen molar-refractivity contribution in [2.75, 3.05) is 10.6 Å². The number of pyridine rings is 1. The van der Waals surface area contributed by atoms with E-state index in [4.69, 9.17) is 0 Å². The van der Waals surface area contributed by atoms with Crippen molar-refractivity contribution in [2.24, 2.45) is 0 Å². The Morgan fingerprint density at radius 1 is 1.00 bits per heavy atom. The number of carbonyl (C=O) groups excluding carboxylic acids is 2. The van der Waals surface area contributed by atoms with Gasteiger partial charge in [-0.25, -0.2) is 4.39 Å². The molecule has 0 atom stereocenters. The highest BCUT2D eigenvalue weighted by atomic mass is 32.1. The number of anilines is 2. The second-order valence-corrected chi connectivity index (χ2v) is 9.89. The first-order chi connectivity index (χ1) is 19.0. The van der Waals surface area contributed by atoms with Crippen molar-refractivity contribution in [3.05, 3.63) is 70.1 Å². The van der Waals surface area contributed by atoms with Crippen LogP contribution in [0.4, 0.5) is 15.3 Å². The number of carbonyl (C=O) groups is 2. The van der Waals surface area contributed by atoms with E-state index in [2.05, 4.69) is 53.0 Å². The largest absolute Gasteiger partial charge is 0.309 e. The molecule has 1 aliphatic rings. The third-order valence-electron chi connectivity index (χ3n) is 5.75. The normalized spacial score (nSPS) is 12.2. The van der Waals surface area contributed by atoms with E-state index < -0.39 is 5.82 Å². The summed E-state index contributed by atoms with van der Waals surface area (Å²) in [6.07, 6.45) is 5.81. The van der Waals surface area contributed by atoms with Gasteiger partial charge in [-0.15, -0.1) is 20.4 Å². The van der Waals surface area contributed by atoms with Crippen molar-refractivity contribution in [1.29, 1.82) is 0 Å². The molecule has 0 saturated carbocycles. The van der Waals surface area contributed by atoms with Gasteiger partial charge in [0.05, 0.1) is 24.2 Å². The van der Waals surface area contributed by atoms with Crippen LogP contribution >= 0.6 is 11.3 Å². The summed E-state index contributed by atoms with van der Waals surface area (Å²) >= 11 is 1.31. The van der Waals surface area contributed by atoms with E-state index in [0.29, 0.717) is 29.4 Å². The summed E-state index contributed by atoms with van der Waals surface area (Å²) in [4.78, 5) is 28.5. The minimum absolute atomic E-state index is 0.0791. The van der Waals surface area contributed by atoms with Gasteiger partial charge < -0.3 is 10.6 Å². The van der Waals surface area contributed by atoms with Gasteiger partial charge in [-0.1, -0.05) is 17.3 Å². The van der Waals surface area contributed by atoms with Gasteiger partial charge in [0.2, 0.25) is 16.9 Å². The number of amides is 2. The molecule has 4 aromatic rings. The van der Waals surface area contributed by atoms with E-state index in [9.17, 15) is 14.0 Å². The number of aromatic nitrogens is 7. The van der Waals surface area contributed by atoms with Crippen LogP contribution in [0.15, 0.2) is 36.5 Å². The molecule has 5 heterocycles. The Bertz CT molecular complexity index is 1520. The Hall–Kier alpha value is -4.57. The molecule has 5 rings (SSSR count). The van der Waals surface area contributed by atoms with Gasteiger partial charge in [0.1, 0.15) is 16.5 Å². The molecular formula is C26H24FN9O2S. The second kappa shape index (κ2) is 12.3. The lowest BCUT2D eigenvalue weighted by Crippen LogP contribution is -2.16. The van der Waals surface area contributed by atoms with E-state index in [1.807, 2.05) is 10.7 Å². The summed E-state index contributed by atoms with van der Waals surface area (Å²) in [7, 11) is 0. The average Bonchev–Trinajstić information content (AvgIpc) is 3.53. The molecule has 0 saturated heterocycles. The van der Waals surface area contributed by atoms with Crippen molar-refractivity contribution in [3.8, 4) is 11.8 Å². The van der Waals surface area contributed by atoms with E-state index in [0.717, 1.165) is 36.5 Å². The zero-order chi connectivity index (χ0) is 27.0. The number of hydrogen-bond acceptors (Lipinski definition) is 9. The van der Waals surface area contributed by atoms with Crippen LogP contribution < -0.4 is 10.6 Å². The third kappa shape index (κ3) is 7.48. The van der Waals surface area contributed by atoms with Crippen LogP contribution in [0.25, 0.3) is 0 Å². The summed E-state index contributed by atoms with van der Waals surface area (Å²) in [5.74, 6) is 5.19. The molecule has 0 spiro atoms. The lowest BCUT2D eigenvalue weighted by atomic mass is 10.1. The molecule has 0 aromatic carbocycles. The standard InChI is InChI=1S/C26H24FN9O2S/c27-17-10-11-28-19(13-17)15-23(37)29-22-9-8-18(31-32-22)5-1-2-7-25-33-34-26(39-25)30-24(38)16-20-14-21-6-3-4-12-36(21)35-20/h8-11,13-14H,2-4,6-7,12,15-16H2,(H,29,32,37)(H,30,34,38). The Balaban J connectivity index is 1.05. The average molecular weight is 546 g/mol. The first-order valence-electron chi connectivity index (χ1n) is 12.4. The number of hydrogen-bond donors (Lipinski definition) is 2. The predicted molar refractivity (Wildman–Crippen MR) is 141 cm³/mol. The monoisotopic (exact) mass is 545 g/mol. The first-order valence-corrected chi connectivity index (χ1v) is 13.2. The number of nitrogens with zero attached hydrogens (tertiary/aromatic N) is 7. The number of aryl methyl sites for hydroxylation is 3. The van der Waals surface area contributed by atoms with E-state index in [1.54, 1.807) is 12.1 Å². The Labute approximate surface area is 227 Å². The van der Waals surface area contributed by atoms with E-state index in [1.165, 1.54) is 35.4 Å². The van der Waals surface area contributed by atoms with Crippen molar-refractivity contribution >= 4 is 34.1 Å². The summed E-state index contributed by atoms with van der Waals surface area (Å²) in [6.45, 7) is 0.910. The van der Waals surface area contributed by atoms with Crippen LogP contribution in [0.2, 0.25) is 0 Å². The van der Waals surface area contributed by atoms with E-state index in [-0.39, 0.29) is 30.5 Å². The van der Waals surface area contributed by atoms with Crippen LogP contribution in [0.5, 0.6) is 0 Å². The van der Waals surface area contributed by atoms with Crippen LogP contribution in [0, 0.1) is 17.7 Å².